The molecule has 0 bridgehead atoms. The van der Waals surface area contributed by atoms with Crippen LogP contribution in [0, 0.1) is 13.8 Å². The van der Waals surface area contributed by atoms with Gasteiger partial charge in [-0.1, -0.05) is 29.8 Å². The van der Waals surface area contributed by atoms with Crippen LogP contribution in [-0.2, 0) is 9.59 Å². The zero-order valence-electron chi connectivity index (χ0n) is 19.5. The van der Waals surface area contributed by atoms with E-state index in [1.807, 2.05) is 49.9 Å². The van der Waals surface area contributed by atoms with Crippen LogP contribution in [-0.4, -0.2) is 72.7 Å². The number of nitrogens with zero attached hydrogens (tertiary/aromatic N) is 3. The van der Waals surface area contributed by atoms with Gasteiger partial charge in [-0.25, -0.2) is 4.90 Å². The summed E-state index contributed by atoms with van der Waals surface area (Å²) in [6, 6.07) is 13.1. The van der Waals surface area contributed by atoms with Crippen LogP contribution in [0.5, 0.6) is 5.75 Å². The van der Waals surface area contributed by atoms with E-state index in [1.54, 1.807) is 18.2 Å². The fourth-order valence-corrected chi connectivity index (χ4v) is 4.60. The van der Waals surface area contributed by atoms with Gasteiger partial charge in [0.1, 0.15) is 11.4 Å². The van der Waals surface area contributed by atoms with E-state index in [4.69, 9.17) is 4.74 Å². The Bertz CT molecular complexity index is 1090. The van der Waals surface area contributed by atoms with Gasteiger partial charge in [0.05, 0.1) is 24.5 Å². The van der Waals surface area contributed by atoms with Gasteiger partial charge in [0, 0.05) is 38.8 Å². The van der Waals surface area contributed by atoms with Crippen molar-refractivity contribution in [2.75, 3.05) is 50.8 Å². The van der Waals surface area contributed by atoms with E-state index in [9.17, 15) is 14.7 Å². The maximum absolute atomic E-state index is 13.8. The molecule has 0 atom stereocenters. The molecule has 2 aliphatic heterocycles. The quantitative estimate of drug-likeness (QED) is 0.655. The van der Waals surface area contributed by atoms with Gasteiger partial charge in [0.2, 0.25) is 0 Å². The highest BCUT2D eigenvalue weighted by molar-refractivity contribution is 6.45. The van der Waals surface area contributed by atoms with Crippen molar-refractivity contribution in [3.05, 3.63) is 64.9 Å². The molecule has 2 amide bonds. The molecule has 0 aliphatic carbocycles. The molecule has 2 aromatic carbocycles. The van der Waals surface area contributed by atoms with Crippen molar-refractivity contribution in [1.29, 1.82) is 0 Å². The molecule has 2 aliphatic rings. The Kier molecular flexibility index (Phi) is 6.81. The molecule has 174 valence electrons. The summed E-state index contributed by atoms with van der Waals surface area (Å²) < 4.78 is 5.60. The second-order valence-corrected chi connectivity index (χ2v) is 8.47. The van der Waals surface area contributed by atoms with Gasteiger partial charge in [-0.2, -0.15) is 0 Å². The summed E-state index contributed by atoms with van der Waals surface area (Å²) in [5.74, 6) is 0.00218. The lowest BCUT2D eigenvalue weighted by molar-refractivity contribution is -0.120. The van der Waals surface area contributed by atoms with Crippen molar-refractivity contribution in [2.45, 2.75) is 20.8 Å². The van der Waals surface area contributed by atoms with Crippen LogP contribution in [0.1, 0.15) is 23.6 Å². The van der Waals surface area contributed by atoms with E-state index in [1.165, 1.54) is 4.90 Å². The number of hydrogen-bond acceptors (Lipinski definition) is 6. The van der Waals surface area contributed by atoms with Crippen molar-refractivity contribution in [1.82, 2.24) is 9.80 Å². The Morgan fingerprint density at radius 1 is 0.970 bits per heavy atom. The number of aliphatic hydroxyl groups excluding tert-OH is 1. The van der Waals surface area contributed by atoms with Crippen molar-refractivity contribution in [3.8, 4) is 5.75 Å². The molecule has 2 heterocycles. The summed E-state index contributed by atoms with van der Waals surface area (Å²) in [6.45, 7) is 9.80. The highest BCUT2D eigenvalue weighted by Gasteiger charge is 2.43. The number of benzene rings is 2. The van der Waals surface area contributed by atoms with E-state index >= 15 is 0 Å². The standard InChI is InChI=1S/C26H31N3O4/c1-4-33-21-7-5-6-20(17-21)29-25(31)23(22-9-8-18(2)16-19(22)3)24(26(29)32)28-12-10-27(11-13-28)14-15-30/h5-9,16-17,30H,4,10-15H2,1-3H3. The molecule has 0 unspecified atom stereocenters. The molecular formula is C26H31N3O4. The van der Waals surface area contributed by atoms with Crippen LogP contribution in [0.4, 0.5) is 5.69 Å². The smallest absolute Gasteiger partial charge is 0.282 e. The number of aryl methyl sites for hydroxylation is 2. The molecule has 0 aromatic heterocycles. The minimum Gasteiger partial charge on any atom is -0.494 e. The third-order valence-electron chi connectivity index (χ3n) is 6.20. The highest BCUT2D eigenvalue weighted by Crippen LogP contribution is 2.37. The zero-order chi connectivity index (χ0) is 23.5. The molecule has 7 nitrogen and oxygen atoms in total. The number of aliphatic hydroxyl groups is 1. The molecule has 0 saturated carbocycles. The monoisotopic (exact) mass is 449 g/mol. The number of ether oxygens (including phenoxy) is 1. The second-order valence-electron chi connectivity index (χ2n) is 8.47. The molecule has 0 spiro atoms. The molecule has 1 N–H and O–H groups in total. The maximum atomic E-state index is 13.8. The van der Waals surface area contributed by atoms with Gasteiger partial charge in [-0.15, -0.1) is 0 Å². The Hall–Kier alpha value is -3.16. The number of amides is 2. The van der Waals surface area contributed by atoms with Gasteiger partial charge < -0.3 is 14.7 Å². The summed E-state index contributed by atoms with van der Waals surface area (Å²) in [4.78, 5) is 33.0. The van der Waals surface area contributed by atoms with Gasteiger partial charge in [-0.05, 0) is 44.0 Å². The Balaban J connectivity index is 1.76. The third-order valence-corrected chi connectivity index (χ3v) is 6.20. The van der Waals surface area contributed by atoms with E-state index in [0.29, 0.717) is 48.9 Å². The molecular weight excluding hydrogens is 418 g/mol. The van der Waals surface area contributed by atoms with Crippen molar-refractivity contribution >= 4 is 23.1 Å². The third kappa shape index (κ3) is 4.51. The second kappa shape index (κ2) is 9.77. The van der Waals surface area contributed by atoms with E-state index in [-0.39, 0.29) is 18.4 Å². The summed E-state index contributed by atoms with van der Waals surface area (Å²) in [5.41, 5.74) is 4.27. The number of β-amino-alcohol motifs (C(OH)–C–C–N with tert-alkyl or cyclic N) is 1. The molecule has 7 heteroatoms. The van der Waals surface area contributed by atoms with Crippen LogP contribution in [0.2, 0.25) is 0 Å². The van der Waals surface area contributed by atoms with Crippen molar-refractivity contribution in [2.24, 2.45) is 0 Å². The zero-order valence-corrected chi connectivity index (χ0v) is 19.5. The van der Waals surface area contributed by atoms with Gasteiger partial charge in [0.15, 0.2) is 0 Å². The summed E-state index contributed by atoms with van der Waals surface area (Å²) in [6.07, 6.45) is 0. The number of rotatable bonds is 7. The van der Waals surface area contributed by atoms with Gasteiger partial charge in [0.25, 0.3) is 11.8 Å². The lowest BCUT2D eigenvalue weighted by Crippen LogP contribution is -2.48. The molecule has 0 radical (unpaired) electrons. The van der Waals surface area contributed by atoms with E-state index in [0.717, 1.165) is 29.8 Å². The first kappa shape index (κ1) is 23.0. The van der Waals surface area contributed by atoms with E-state index in [2.05, 4.69) is 4.90 Å². The molecule has 2 aromatic rings. The number of hydrogen-bond donors (Lipinski definition) is 1. The number of carbonyl (C=O) groups is 2. The van der Waals surface area contributed by atoms with Gasteiger partial charge in [-0.3, -0.25) is 14.5 Å². The average Bonchev–Trinajstić information content (AvgIpc) is 3.05. The topological polar surface area (TPSA) is 73.3 Å². The molecule has 1 fully saturated rings. The summed E-state index contributed by atoms with van der Waals surface area (Å²) >= 11 is 0. The average molecular weight is 450 g/mol. The van der Waals surface area contributed by atoms with E-state index < -0.39 is 0 Å². The normalized spacial score (nSPS) is 17.3. The first-order valence-corrected chi connectivity index (χ1v) is 11.5. The first-order valence-electron chi connectivity index (χ1n) is 11.5. The van der Waals surface area contributed by atoms with Crippen LogP contribution < -0.4 is 9.64 Å². The fraction of sp³-hybridized carbons (Fsp3) is 0.385. The fourth-order valence-electron chi connectivity index (χ4n) is 4.60. The maximum Gasteiger partial charge on any atom is 0.282 e. The number of piperazine rings is 1. The lowest BCUT2D eigenvalue weighted by Gasteiger charge is -2.36. The van der Waals surface area contributed by atoms with Crippen molar-refractivity contribution < 1.29 is 19.4 Å². The highest BCUT2D eigenvalue weighted by atomic mass is 16.5. The van der Waals surface area contributed by atoms with Crippen LogP contribution in [0.25, 0.3) is 5.57 Å². The van der Waals surface area contributed by atoms with Gasteiger partial charge >= 0.3 is 0 Å². The Morgan fingerprint density at radius 3 is 2.39 bits per heavy atom. The number of carbonyl (C=O) groups excluding carboxylic acids is 2. The Labute approximate surface area is 194 Å². The minimum absolute atomic E-state index is 0.109. The summed E-state index contributed by atoms with van der Waals surface area (Å²) in [7, 11) is 0. The van der Waals surface area contributed by atoms with Crippen LogP contribution in [0.15, 0.2) is 48.2 Å². The molecule has 33 heavy (non-hydrogen) atoms. The Morgan fingerprint density at radius 2 is 1.73 bits per heavy atom. The van der Waals surface area contributed by atoms with Crippen molar-refractivity contribution in [3.63, 3.8) is 0 Å². The summed E-state index contributed by atoms with van der Waals surface area (Å²) in [5, 5.41) is 9.26. The van der Waals surface area contributed by atoms with Crippen LogP contribution in [0.3, 0.4) is 0 Å². The largest absolute Gasteiger partial charge is 0.494 e. The predicted molar refractivity (Wildman–Crippen MR) is 128 cm³/mol. The molecule has 1 saturated heterocycles. The lowest BCUT2D eigenvalue weighted by atomic mass is 9.97. The molecule has 4 rings (SSSR count). The number of anilines is 1. The number of imide groups is 1. The predicted octanol–water partition coefficient (Wildman–Crippen LogP) is 2.60. The first-order chi connectivity index (χ1) is 15.9. The van der Waals surface area contributed by atoms with Crippen LogP contribution >= 0.6 is 0 Å². The minimum atomic E-state index is -0.312. The SMILES string of the molecule is CCOc1cccc(N2C(=O)C(c3ccc(C)cc3C)=C(N3CCN(CCO)CC3)C2=O)c1.